The molecule has 12 nitrogen and oxygen atoms in total. The van der Waals surface area contributed by atoms with Crippen LogP contribution >= 0.6 is 0 Å². The number of fused-ring (bicyclic) bond motifs is 1. The molecule has 2 aromatic heterocycles. The van der Waals surface area contributed by atoms with Crippen molar-refractivity contribution in [3.05, 3.63) is 60.3 Å². The summed E-state index contributed by atoms with van der Waals surface area (Å²) in [4.78, 5) is 17.3. The molecule has 0 amide bonds. The molecule has 4 aromatic rings. The molecule has 0 aliphatic carbocycles. The van der Waals surface area contributed by atoms with Crippen LogP contribution in [0.3, 0.4) is 0 Å². The minimum absolute atomic E-state index is 0.0449. The quantitative estimate of drug-likeness (QED) is 0.240. The molecule has 16 heteroatoms. The van der Waals surface area contributed by atoms with E-state index in [1.807, 2.05) is 6.07 Å². The number of aromatic nitrogens is 3. The van der Waals surface area contributed by atoms with Gasteiger partial charge in [0.05, 0.1) is 18.4 Å². The number of methoxy groups -OCH3 is 1. The number of ether oxygens (including phenoxy) is 1. The molecule has 1 aliphatic rings. The van der Waals surface area contributed by atoms with Crippen molar-refractivity contribution in [1.29, 1.82) is 0 Å². The largest absolute Gasteiger partial charge is 0.480 e. The molecule has 0 unspecified atom stereocenters. The molecule has 46 heavy (non-hydrogen) atoms. The molecule has 5 rings (SSSR count). The molecule has 3 heterocycles. The lowest BCUT2D eigenvalue weighted by Crippen LogP contribution is -2.42. The second-order valence-electron chi connectivity index (χ2n) is 11.3. The van der Waals surface area contributed by atoms with Crippen molar-refractivity contribution >= 4 is 48.2 Å². The molecule has 1 fully saturated rings. The highest BCUT2D eigenvalue weighted by molar-refractivity contribution is 7.92. The third kappa shape index (κ3) is 7.62. The number of sulfonamides is 1. The van der Waals surface area contributed by atoms with E-state index in [2.05, 4.69) is 43.9 Å². The number of piperidine rings is 1. The van der Waals surface area contributed by atoms with E-state index in [0.717, 1.165) is 43.5 Å². The highest BCUT2D eigenvalue weighted by Gasteiger charge is 2.25. The fourth-order valence-corrected chi connectivity index (χ4v) is 6.87. The van der Waals surface area contributed by atoms with Crippen LogP contribution in [-0.4, -0.2) is 95.6 Å². The van der Waals surface area contributed by atoms with Crippen molar-refractivity contribution in [3.8, 4) is 17.0 Å². The van der Waals surface area contributed by atoms with Crippen LogP contribution in [0.25, 0.3) is 22.0 Å². The first-order valence-corrected chi connectivity index (χ1v) is 18.0. The summed E-state index contributed by atoms with van der Waals surface area (Å²) in [5.74, 6) is -1.27. The first kappa shape index (κ1) is 33.2. The monoisotopic (exact) mass is 675 g/mol. The fourth-order valence-electron chi connectivity index (χ4n) is 5.29. The number of sulfone groups is 1. The third-order valence-corrected chi connectivity index (χ3v) is 10.1. The van der Waals surface area contributed by atoms with Gasteiger partial charge in [0, 0.05) is 55.1 Å². The number of nitrogens with one attached hydrogen (secondary N) is 2. The molecule has 0 spiro atoms. The Morgan fingerprint density at radius 1 is 1.00 bits per heavy atom. The van der Waals surface area contributed by atoms with Gasteiger partial charge in [-0.05, 0) is 62.8 Å². The Balaban J connectivity index is 1.53. The van der Waals surface area contributed by atoms with E-state index in [1.165, 1.54) is 25.6 Å². The van der Waals surface area contributed by atoms with Gasteiger partial charge in [0.2, 0.25) is 11.8 Å². The molecule has 2 N–H and O–H groups in total. The Morgan fingerprint density at radius 2 is 1.74 bits per heavy atom. The van der Waals surface area contributed by atoms with E-state index in [4.69, 9.17) is 9.72 Å². The van der Waals surface area contributed by atoms with Gasteiger partial charge in [0.1, 0.15) is 37.9 Å². The topological polar surface area (TPSA) is 147 Å². The smallest absolute Gasteiger partial charge is 0.264 e. The van der Waals surface area contributed by atoms with Crippen molar-refractivity contribution in [1.82, 2.24) is 19.9 Å². The standard InChI is InChI=1S/C30H35F2N7O5S2/c1-38(2)22-9-12-39(13-10-22)28-23-15-19(5-7-25(23)35-30(36-28)33-11-14-45(4,40)41)20-16-26(29(44-3)34-18-20)37-46(42,43)27-8-6-21(31)17-24(27)32/h5-8,15-18,22,37H,9-14H2,1-4H3,(H,33,35,36). The number of hydrogen-bond acceptors (Lipinski definition) is 11. The first-order chi connectivity index (χ1) is 21.7. The molecule has 0 saturated carbocycles. The Bertz CT molecular complexity index is 1970. The van der Waals surface area contributed by atoms with Gasteiger partial charge in [-0.2, -0.15) is 4.98 Å². The molecule has 2 aromatic carbocycles. The summed E-state index contributed by atoms with van der Waals surface area (Å²) in [6.45, 7) is 1.65. The molecule has 0 bridgehead atoms. The predicted molar refractivity (Wildman–Crippen MR) is 174 cm³/mol. The number of benzene rings is 2. The lowest BCUT2D eigenvalue weighted by atomic mass is 10.0. The van der Waals surface area contributed by atoms with Gasteiger partial charge in [-0.25, -0.2) is 35.6 Å². The van der Waals surface area contributed by atoms with Gasteiger partial charge in [-0.15, -0.1) is 0 Å². The van der Waals surface area contributed by atoms with Crippen molar-refractivity contribution in [2.45, 2.75) is 23.8 Å². The number of anilines is 3. The molecule has 1 aliphatic heterocycles. The average Bonchev–Trinajstić information content (AvgIpc) is 2.99. The molecule has 1 saturated heterocycles. The first-order valence-electron chi connectivity index (χ1n) is 14.4. The van der Waals surface area contributed by atoms with E-state index >= 15 is 0 Å². The van der Waals surface area contributed by atoms with E-state index < -0.39 is 36.4 Å². The molecule has 0 radical (unpaired) electrons. The van der Waals surface area contributed by atoms with Crippen LogP contribution < -0.4 is 19.7 Å². The van der Waals surface area contributed by atoms with Crippen LogP contribution in [0.2, 0.25) is 0 Å². The maximum Gasteiger partial charge on any atom is 0.264 e. The minimum Gasteiger partial charge on any atom is -0.480 e. The molecule has 0 atom stereocenters. The summed E-state index contributed by atoms with van der Waals surface area (Å²) in [5, 5.41) is 3.77. The lowest BCUT2D eigenvalue weighted by Gasteiger charge is -2.36. The number of halogens is 2. The maximum absolute atomic E-state index is 14.4. The van der Waals surface area contributed by atoms with Crippen LogP contribution in [0.1, 0.15) is 12.8 Å². The van der Waals surface area contributed by atoms with E-state index in [1.54, 1.807) is 12.1 Å². The van der Waals surface area contributed by atoms with Crippen LogP contribution in [0.4, 0.5) is 26.2 Å². The zero-order chi connectivity index (χ0) is 33.2. The van der Waals surface area contributed by atoms with E-state index in [-0.39, 0.29) is 23.9 Å². The second kappa shape index (κ2) is 13.3. The summed E-state index contributed by atoms with van der Waals surface area (Å²) in [6.07, 6.45) is 4.54. The van der Waals surface area contributed by atoms with Gasteiger partial charge >= 0.3 is 0 Å². The van der Waals surface area contributed by atoms with Gasteiger partial charge < -0.3 is 19.9 Å². The van der Waals surface area contributed by atoms with E-state index in [0.29, 0.717) is 40.5 Å². The van der Waals surface area contributed by atoms with Crippen LogP contribution in [-0.2, 0) is 19.9 Å². The number of hydrogen-bond donors (Lipinski definition) is 2. The summed E-state index contributed by atoms with van der Waals surface area (Å²) in [7, 11) is -2.21. The second-order valence-corrected chi connectivity index (χ2v) is 15.2. The minimum atomic E-state index is -4.47. The van der Waals surface area contributed by atoms with Gasteiger partial charge in [-0.1, -0.05) is 6.07 Å². The number of pyridine rings is 1. The van der Waals surface area contributed by atoms with Crippen molar-refractivity contribution in [2.24, 2.45) is 0 Å². The van der Waals surface area contributed by atoms with Crippen LogP contribution in [0.15, 0.2) is 53.6 Å². The SMILES string of the molecule is COc1ncc(-c2ccc3nc(NCCS(C)(=O)=O)nc(N4CCC(N(C)C)CC4)c3c2)cc1NS(=O)(=O)c1ccc(F)cc1F. The normalized spacial score (nSPS) is 14.5. The predicted octanol–water partition coefficient (Wildman–Crippen LogP) is 3.77. The molecular weight excluding hydrogens is 641 g/mol. The van der Waals surface area contributed by atoms with Gasteiger partial charge in [0.15, 0.2) is 0 Å². The zero-order valence-electron chi connectivity index (χ0n) is 25.8. The molecule has 246 valence electrons. The summed E-state index contributed by atoms with van der Waals surface area (Å²) in [6, 6.07) is 9.60. The Kier molecular flexibility index (Phi) is 9.60. The highest BCUT2D eigenvalue weighted by Crippen LogP contribution is 2.35. The summed E-state index contributed by atoms with van der Waals surface area (Å²) in [5.41, 5.74) is 1.77. The average molecular weight is 676 g/mol. The van der Waals surface area contributed by atoms with Crippen LogP contribution in [0.5, 0.6) is 5.88 Å². The van der Waals surface area contributed by atoms with Gasteiger partial charge in [-0.3, -0.25) is 4.72 Å². The number of rotatable bonds is 11. The third-order valence-electron chi connectivity index (χ3n) is 7.73. The summed E-state index contributed by atoms with van der Waals surface area (Å²) < 4.78 is 84.8. The molecular formula is C30H35F2N7O5S2. The lowest BCUT2D eigenvalue weighted by molar-refractivity contribution is 0.249. The Morgan fingerprint density at radius 3 is 2.39 bits per heavy atom. The van der Waals surface area contributed by atoms with Crippen molar-refractivity contribution in [3.63, 3.8) is 0 Å². The zero-order valence-corrected chi connectivity index (χ0v) is 27.4. The Hall–Kier alpha value is -4.15. The highest BCUT2D eigenvalue weighted by atomic mass is 32.2. The van der Waals surface area contributed by atoms with Crippen molar-refractivity contribution < 1.29 is 30.4 Å². The number of nitrogens with zero attached hydrogens (tertiary/aromatic N) is 5. The fraction of sp³-hybridized carbons (Fsp3) is 0.367. The summed E-state index contributed by atoms with van der Waals surface area (Å²) >= 11 is 0. The van der Waals surface area contributed by atoms with E-state index in [9.17, 15) is 25.6 Å². The van der Waals surface area contributed by atoms with Gasteiger partial charge in [0.25, 0.3) is 10.0 Å². The maximum atomic E-state index is 14.4. The van der Waals surface area contributed by atoms with Crippen molar-refractivity contribution in [2.75, 3.05) is 67.8 Å². The Labute approximate surface area is 266 Å². The van der Waals surface area contributed by atoms with Crippen LogP contribution in [0, 0.1) is 11.6 Å².